The second-order valence-corrected chi connectivity index (χ2v) is 34.9. The Labute approximate surface area is 744 Å². The van der Waals surface area contributed by atoms with E-state index in [1.54, 1.807) is 107 Å². The lowest BCUT2D eigenvalue weighted by Gasteiger charge is -2.33. The van der Waals surface area contributed by atoms with Crippen LogP contribution in [0.1, 0.15) is 178 Å². The lowest BCUT2D eigenvalue weighted by molar-refractivity contribution is -0.141. The summed E-state index contributed by atoms with van der Waals surface area (Å²) in [6.07, 6.45) is 10.8. The number of sulfone groups is 1. The number of rotatable bonds is 26. The summed E-state index contributed by atoms with van der Waals surface area (Å²) in [6, 6.07) is 84.6. The van der Waals surface area contributed by atoms with Crippen molar-refractivity contribution in [3.8, 4) is 12.1 Å². The number of unbranched alkanes of at least 4 members (excludes halogenated alkanes) is 1. The number of hydrogen-bond donors (Lipinski definition) is 3. The van der Waals surface area contributed by atoms with Gasteiger partial charge >= 0.3 is 11.9 Å². The van der Waals surface area contributed by atoms with Crippen LogP contribution in [0.15, 0.2) is 327 Å². The van der Waals surface area contributed by atoms with E-state index in [1.165, 1.54) is 36.8 Å². The topological polar surface area (TPSA) is 259 Å². The minimum atomic E-state index is -3.60. The molecule has 9 aromatic rings. The molecule has 1 saturated heterocycles. The van der Waals surface area contributed by atoms with Crippen LogP contribution in [0.3, 0.4) is 0 Å². The summed E-state index contributed by atoms with van der Waals surface area (Å²) < 4.78 is 46.6. The third-order valence-electron chi connectivity index (χ3n) is 18.9. The van der Waals surface area contributed by atoms with Gasteiger partial charge in [0.25, 0.3) is 23.6 Å². The summed E-state index contributed by atoms with van der Waals surface area (Å²) in [5.74, 6) is -1.03. The van der Waals surface area contributed by atoms with Gasteiger partial charge in [0.2, 0.25) is 9.84 Å². The highest BCUT2D eigenvalue weighted by atomic mass is 32.2. The van der Waals surface area contributed by atoms with Crippen molar-refractivity contribution in [2.24, 2.45) is 5.41 Å². The summed E-state index contributed by atoms with van der Waals surface area (Å²) in [7, 11) is -4.90. The monoisotopic (exact) mass is 1720 g/mol. The van der Waals surface area contributed by atoms with E-state index in [2.05, 4.69) is 103 Å². The highest BCUT2D eigenvalue weighted by Crippen LogP contribution is 2.29. The molecule has 125 heavy (non-hydrogen) atoms. The van der Waals surface area contributed by atoms with Crippen LogP contribution in [0.25, 0.3) is 44.6 Å². The van der Waals surface area contributed by atoms with Crippen LogP contribution in [0, 0.1) is 28.1 Å². The van der Waals surface area contributed by atoms with Crippen molar-refractivity contribution < 1.29 is 50.9 Å². The van der Waals surface area contributed by atoms with E-state index in [-0.39, 0.29) is 68.4 Å². The maximum absolute atomic E-state index is 12.2. The first-order chi connectivity index (χ1) is 59.6. The summed E-state index contributed by atoms with van der Waals surface area (Å²) in [5.41, 5.74) is 9.48. The van der Waals surface area contributed by atoms with E-state index in [0.717, 1.165) is 97.8 Å². The minimum Gasteiger partial charge on any atom is -0.459 e. The van der Waals surface area contributed by atoms with E-state index in [9.17, 15) is 41.4 Å². The van der Waals surface area contributed by atoms with Crippen molar-refractivity contribution in [1.82, 2.24) is 20.9 Å². The molecule has 11 rings (SSSR count). The van der Waals surface area contributed by atoms with Crippen molar-refractivity contribution in [3.05, 3.63) is 362 Å². The highest BCUT2D eigenvalue weighted by molar-refractivity contribution is 7.94. The van der Waals surface area contributed by atoms with Crippen LogP contribution in [-0.4, -0.2) is 96.5 Å². The average Bonchev–Trinajstić information content (AvgIpc) is 1.43. The largest absolute Gasteiger partial charge is 0.459 e. The van der Waals surface area contributed by atoms with Crippen molar-refractivity contribution in [1.29, 1.82) is 10.5 Å². The molecule has 0 bridgehead atoms. The molecule has 1 heterocycles. The van der Waals surface area contributed by atoms with Crippen LogP contribution in [0.2, 0.25) is 0 Å². The number of allylic oxidation sites excluding steroid dienone is 2. The van der Waals surface area contributed by atoms with E-state index in [4.69, 9.17) is 20.0 Å². The fourth-order valence-electron chi connectivity index (χ4n) is 12.7. The van der Waals surface area contributed by atoms with E-state index in [1.807, 2.05) is 187 Å². The SMILES string of the molecule is C=C(C(=O)N1CCCC1)c1ccccc1.C=C(C(=O)NC(C)(C)CC(C)(C)C)c1ccccc1.C=C(C(=O)NC1CCCCC1)c1ccccc1.C=C(C(=O)NCCCC)c1ccccc1.C=C(C(=O)OC(C)C)c1ccc(C(=C)C(=O)OC(C)C)cc1.N#C/C(=C\S(=O)(=O)c1ccccc1)c1ccccc1.N#C/C(=C\S(=O)c1ccccc1)c1ccccc1. The maximum Gasteiger partial charge on any atom is 0.338 e. The van der Waals surface area contributed by atoms with Crippen LogP contribution >= 0.6 is 0 Å². The fourth-order valence-corrected chi connectivity index (χ4v) is 14.9. The summed E-state index contributed by atoms with van der Waals surface area (Å²) in [4.78, 5) is 74.2. The molecule has 1 unspecified atom stereocenters. The fraction of sp³-hybridized carbons (Fsp3) is 0.264. The number of nitriles is 2. The third-order valence-corrected chi connectivity index (χ3v) is 21.5. The first kappa shape index (κ1) is 102. The normalized spacial score (nSPS) is 12.5. The molecule has 2 aliphatic rings. The number of hydrogen-bond acceptors (Lipinski definition) is 13. The molecule has 1 saturated carbocycles. The van der Waals surface area contributed by atoms with Crippen molar-refractivity contribution >= 4 is 101 Å². The molecule has 17 nitrogen and oxygen atoms in total. The second-order valence-electron chi connectivity index (χ2n) is 31.8. The zero-order valence-electron chi connectivity index (χ0n) is 73.9. The van der Waals surface area contributed by atoms with Gasteiger partial charge in [-0.3, -0.25) is 19.2 Å². The Morgan fingerprint density at radius 2 is 0.808 bits per heavy atom. The minimum absolute atomic E-state index is 0.0249. The molecular formula is C106H120N6O11S2. The number of esters is 2. The van der Waals surface area contributed by atoms with Crippen molar-refractivity contribution in [2.75, 3.05) is 19.6 Å². The third kappa shape index (κ3) is 37.6. The Bertz CT molecular complexity index is 5260. The number of nitrogens with zero attached hydrogens (tertiary/aromatic N) is 3. The Morgan fingerprint density at radius 3 is 1.18 bits per heavy atom. The lowest BCUT2D eigenvalue weighted by atomic mass is 9.81. The van der Waals surface area contributed by atoms with Gasteiger partial charge in [0.1, 0.15) is 12.1 Å². The quantitative estimate of drug-likeness (QED) is 0.0197. The maximum atomic E-state index is 12.2. The molecule has 0 aromatic heterocycles. The molecule has 0 radical (unpaired) electrons. The highest BCUT2D eigenvalue weighted by Gasteiger charge is 2.29. The molecule has 1 atom stereocenters. The van der Waals surface area contributed by atoms with Gasteiger partial charge in [-0.05, 0) is 154 Å². The molecule has 3 N–H and O–H groups in total. The molecular weight excluding hydrogens is 1600 g/mol. The molecule has 0 spiro atoms. The summed E-state index contributed by atoms with van der Waals surface area (Å²) >= 11 is 0. The molecule has 2 fully saturated rings. The van der Waals surface area contributed by atoms with E-state index >= 15 is 0 Å². The van der Waals surface area contributed by atoms with Gasteiger partial charge in [0.15, 0.2) is 0 Å². The Balaban J connectivity index is 0.000000260. The number of carbonyl (C=O) groups is 6. The number of amides is 4. The lowest BCUT2D eigenvalue weighted by Crippen LogP contribution is -2.46. The van der Waals surface area contributed by atoms with Crippen molar-refractivity contribution in [3.63, 3.8) is 0 Å². The van der Waals surface area contributed by atoms with Gasteiger partial charge in [-0.2, -0.15) is 10.5 Å². The van der Waals surface area contributed by atoms with Gasteiger partial charge in [0.05, 0.1) is 55.6 Å². The number of nitrogens with one attached hydrogen (secondary N) is 3. The van der Waals surface area contributed by atoms with Gasteiger partial charge in [-0.15, -0.1) is 0 Å². The molecule has 4 amide bonds. The number of benzene rings is 9. The van der Waals surface area contributed by atoms with Crippen LogP contribution in [-0.2, 0) is 58.9 Å². The molecule has 652 valence electrons. The predicted molar refractivity (Wildman–Crippen MR) is 510 cm³/mol. The Hall–Kier alpha value is -13.2. The van der Waals surface area contributed by atoms with Crippen LogP contribution in [0.4, 0.5) is 0 Å². The van der Waals surface area contributed by atoms with Gasteiger partial charge in [-0.25, -0.2) is 22.2 Å². The van der Waals surface area contributed by atoms with Crippen LogP contribution < -0.4 is 16.0 Å². The number of likely N-dealkylation sites (tertiary alicyclic amines) is 1. The van der Waals surface area contributed by atoms with E-state index in [0.29, 0.717) is 55.5 Å². The Kier molecular flexibility index (Phi) is 43.9. The van der Waals surface area contributed by atoms with E-state index < -0.39 is 32.6 Å². The average molecular weight is 1720 g/mol. The van der Waals surface area contributed by atoms with Crippen molar-refractivity contribution in [2.45, 2.75) is 167 Å². The molecule has 1 aliphatic heterocycles. The second kappa shape index (κ2) is 53.6. The summed E-state index contributed by atoms with van der Waals surface area (Å²) in [5, 5.41) is 29.7. The zero-order valence-corrected chi connectivity index (χ0v) is 75.5. The van der Waals surface area contributed by atoms with Gasteiger partial charge in [0, 0.05) is 63.8 Å². The standard InChI is InChI=1S/C18H22O4.C17H25NO.C15H11NO2S.C15H11NOS.C15H19NO.C13H15NO.C13H17NO/c1-11(2)21-17(19)13(5)15-7-9-16(10-8-15)14(6)18(20)22-12(3)4;1-13(14-10-8-7-9-11-14)15(19)18-17(5,6)12-16(2,3)4;16-11-14(13-7-3-1-4-8-13)12-19(17,18)15-9-5-2-6-10-15;16-11-14(13-7-3-1-4-8-13)12-18(17)15-9-5-2-6-10-15;1-12(13-8-4-2-5-9-13)15(17)16-14-10-6-3-7-11-14;1-11(12-7-3-2-4-8-12)13(15)14-9-5-6-10-14;1-3-4-10-14-13(15)11(2)12-8-6-5-7-9-12/h7-12H,5-6H2,1-4H3;7-11H,1,12H2,2-6H3,(H,18,19);1-10,12H;1-10,12H;2,4-5,8-9,14H,1,3,6-7,10-11H2,(H,16,17);2-4,7-8H,1,5-6,9-10H2;5-9H,2-4,10H2,1H3,(H,14,15)/b;;2*14-12+;;;. The first-order valence-electron chi connectivity index (χ1n) is 41.8. The zero-order chi connectivity index (χ0) is 91.9. The number of ether oxygens (including phenoxy) is 2. The number of carbonyl (C=O) groups excluding carboxylic acids is 6. The van der Waals surface area contributed by atoms with Gasteiger partial charge < -0.3 is 30.3 Å². The smallest absolute Gasteiger partial charge is 0.338 e. The van der Waals surface area contributed by atoms with Gasteiger partial charge in [-0.1, -0.05) is 336 Å². The summed E-state index contributed by atoms with van der Waals surface area (Å²) in [6.45, 7) is 45.2. The molecule has 19 heteroatoms. The molecule has 9 aromatic carbocycles. The predicted octanol–water partition coefficient (Wildman–Crippen LogP) is 22.1. The van der Waals surface area contributed by atoms with Crippen LogP contribution in [0.5, 0.6) is 0 Å². The molecule has 1 aliphatic carbocycles. The Morgan fingerprint density at radius 1 is 0.464 bits per heavy atom. The first-order valence-corrected chi connectivity index (χ1v) is 44.5.